The van der Waals surface area contributed by atoms with E-state index < -0.39 is 6.04 Å². The second-order valence-corrected chi connectivity index (χ2v) is 8.40. The topological polar surface area (TPSA) is 52.0 Å². The van der Waals surface area contributed by atoms with Gasteiger partial charge in [0.2, 0.25) is 5.95 Å². The summed E-state index contributed by atoms with van der Waals surface area (Å²) in [5.41, 5.74) is 4.45. The number of anilines is 1. The van der Waals surface area contributed by atoms with Gasteiger partial charge in [-0.05, 0) is 36.6 Å². The molecule has 0 amide bonds. The molecule has 0 spiro atoms. The van der Waals surface area contributed by atoms with Gasteiger partial charge in [0.25, 0.3) is 0 Å². The van der Waals surface area contributed by atoms with Crippen LogP contribution >= 0.6 is 11.3 Å². The van der Waals surface area contributed by atoms with Crippen LogP contribution in [-0.2, 0) is 0 Å². The number of fused-ring (bicyclic) bond motifs is 3. The average molecular weight is 416 g/mol. The summed E-state index contributed by atoms with van der Waals surface area (Å²) in [7, 11) is 0. The summed E-state index contributed by atoms with van der Waals surface area (Å²) in [4.78, 5) is 5.44. The van der Waals surface area contributed by atoms with E-state index in [0.29, 0.717) is 11.5 Å². The Labute approximate surface area is 176 Å². The molecule has 2 aromatic heterocycles. The van der Waals surface area contributed by atoms with Gasteiger partial charge in [-0.2, -0.15) is 10.1 Å². The van der Waals surface area contributed by atoms with Crippen LogP contribution in [0.25, 0.3) is 5.70 Å². The molecule has 0 saturated carbocycles. The number of benzene rings is 2. The van der Waals surface area contributed by atoms with Crippen LogP contribution in [0.15, 0.2) is 71.9 Å². The van der Waals surface area contributed by atoms with Gasteiger partial charge < -0.3 is 10.1 Å². The zero-order valence-electron chi connectivity index (χ0n) is 16.0. The predicted octanol–water partition coefficient (Wildman–Crippen LogP) is 5.35. The van der Waals surface area contributed by atoms with Crippen molar-refractivity contribution in [2.45, 2.75) is 19.1 Å². The first-order valence-electron chi connectivity index (χ1n) is 9.67. The first-order chi connectivity index (χ1) is 14.7. The number of halogens is 1. The summed E-state index contributed by atoms with van der Waals surface area (Å²) in [5, 5.41) is 9.90. The molecule has 5 nitrogen and oxygen atoms in total. The quantitative estimate of drug-likeness (QED) is 0.479. The number of rotatable bonds is 2. The van der Waals surface area contributed by atoms with E-state index in [1.807, 2.05) is 36.6 Å². The Morgan fingerprint density at radius 3 is 2.87 bits per heavy atom. The molecule has 0 aliphatic carbocycles. The van der Waals surface area contributed by atoms with Crippen molar-refractivity contribution >= 4 is 23.0 Å². The van der Waals surface area contributed by atoms with Crippen LogP contribution in [0, 0.1) is 12.7 Å². The van der Waals surface area contributed by atoms with Gasteiger partial charge in [0.1, 0.15) is 23.9 Å². The number of nitrogens with zero attached hydrogens (tertiary/aromatic N) is 3. The lowest BCUT2D eigenvalue weighted by Crippen LogP contribution is -2.32. The van der Waals surface area contributed by atoms with E-state index in [0.717, 1.165) is 33.0 Å². The highest BCUT2D eigenvalue weighted by molar-refractivity contribution is 7.10. The Morgan fingerprint density at radius 2 is 2.03 bits per heavy atom. The van der Waals surface area contributed by atoms with Crippen molar-refractivity contribution < 1.29 is 9.13 Å². The lowest BCUT2D eigenvalue weighted by molar-refractivity contribution is 0.226. The first kappa shape index (κ1) is 17.4. The Balaban J connectivity index is 1.67. The molecule has 0 radical (unpaired) electrons. The summed E-state index contributed by atoms with van der Waals surface area (Å²) < 4.78 is 23.3. The maximum atomic E-state index is 15.0. The van der Waals surface area contributed by atoms with Crippen LogP contribution in [0.2, 0.25) is 0 Å². The van der Waals surface area contributed by atoms with Crippen molar-refractivity contribution in [2.75, 3.05) is 5.32 Å². The molecule has 7 heteroatoms. The number of aryl methyl sites for hydroxylation is 1. The minimum atomic E-state index is -0.472. The van der Waals surface area contributed by atoms with E-state index in [4.69, 9.17) is 4.74 Å². The fourth-order valence-corrected chi connectivity index (χ4v) is 5.03. The van der Waals surface area contributed by atoms with Gasteiger partial charge in [0.15, 0.2) is 6.10 Å². The summed E-state index contributed by atoms with van der Waals surface area (Å²) in [6, 6.07) is 16.5. The van der Waals surface area contributed by atoms with Crippen LogP contribution in [-0.4, -0.2) is 14.8 Å². The molecule has 0 bridgehead atoms. The van der Waals surface area contributed by atoms with Crippen molar-refractivity contribution in [1.82, 2.24) is 14.8 Å². The SMILES string of the molecule is Cc1ccc2c(c1)C1=C(C(c3cccs3)O2)C(c2ccccc2F)n2ncnc2N1. The standard InChI is InChI=1S/C23H17FN4OS/c1-13-8-9-17-15(11-13)20-19(22(29-17)18-7-4-10-30-18)21(14-5-2-3-6-16(14)24)28-23(27-20)25-12-26-28/h2-12,21-22H,1H3,(H,25,26,27). The van der Waals surface area contributed by atoms with Gasteiger partial charge in [-0.25, -0.2) is 9.07 Å². The Hall–Kier alpha value is -3.45. The second kappa shape index (κ2) is 6.53. The normalized spacial score (nSPS) is 19.4. The van der Waals surface area contributed by atoms with Crippen LogP contribution in [0.1, 0.15) is 33.7 Å². The lowest BCUT2D eigenvalue weighted by atomic mass is 9.86. The number of thiophene rings is 1. The number of aromatic nitrogens is 3. The van der Waals surface area contributed by atoms with Gasteiger partial charge in [-0.1, -0.05) is 35.9 Å². The fourth-order valence-electron chi connectivity index (χ4n) is 4.26. The molecule has 2 unspecified atom stereocenters. The summed E-state index contributed by atoms with van der Waals surface area (Å²) >= 11 is 1.62. The molecule has 0 saturated heterocycles. The Bertz CT molecular complexity index is 1290. The molecule has 4 aromatic rings. The second-order valence-electron chi connectivity index (χ2n) is 7.42. The van der Waals surface area contributed by atoms with Gasteiger partial charge >= 0.3 is 0 Å². The smallest absolute Gasteiger partial charge is 0.226 e. The molecule has 148 valence electrons. The molecule has 0 fully saturated rings. The molecule has 4 heterocycles. The molecule has 2 aliphatic heterocycles. The minimum absolute atomic E-state index is 0.280. The van der Waals surface area contributed by atoms with E-state index in [1.165, 1.54) is 12.4 Å². The zero-order valence-corrected chi connectivity index (χ0v) is 16.9. The Morgan fingerprint density at radius 1 is 1.13 bits per heavy atom. The van der Waals surface area contributed by atoms with E-state index in [-0.39, 0.29) is 11.9 Å². The zero-order chi connectivity index (χ0) is 20.2. The first-order valence-corrected chi connectivity index (χ1v) is 10.5. The van der Waals surface area contributed by atoms with Gasteiger partial charge in [0.05, 0.1) is 5.70 Å². The minimum Gasteiger partial charge on any atom is -0.480 e. The number of hydrogen-bond acceptors (Lipinski definition) is 5. The van der Waals surface area contributed by atoms with Crippen LogP contribution in [0.3, 0.4) is 0 Å². The largest absolute Gasteiger partial charge is 0.480 e. The molecule has 1 N–H and O–H groups in total. The van der Waals surface area contributed by atoms with Gasteiger partial charge in [0, 0.05) is 21.6 Å². The third-order valence-corrected chi connectivity index (χ3v) is 6.49. The number of hydrogen-bond donors (Lipinski definition) is 1. The third-order valence-electron chi connectivity index (χ3n) is 5.57. The molecule has 30 heavy (non-hydrogen) atoms. The average Bonchev–Trinajstić information content (AvgIpc) is 3.44. The molecule has 2 aliphatic rings. The highest BCUT2D eigenvalue weighted by Crippen LogP contribution is 2.51. The molecule has 2 aromatic carbocycles. The van der Waals surface area contributed by atoms with Crippen molar-refractivity contribution in [3.8, 4) is 5.75 Å². The maximum absolute atomic E-state index is 15.0. The van der Waals surface area contributed by atoms with E-state index in [2.05, 4.69) is 27.5 Å². The number of ether oxygens (including phenoxy) is 1. The van der Waals surface area contributed by atoms with Crippen LogP contribution < -0.4 is 10.1 Å². The van der Waals surface area contributed by atoms with E-state index in [9.17, 15) is 0 Å². The lowest BCUT2D eigenvalue weighted by Gasteiger charge is -2.38. The van der Waals surface area contributed by atoms with E-state index in [1.54, 1.807) is 28.2 Å². The highest BCUT2D eigenvalue weighted by atomic mass is 32.1. The Kier molecular flexibility index (Phi) is 3.79. The number of nitrogens with one attached hydrogen (secondary N) is 1. The van der Waals surface area contributed by atoms with Crippen molar-refractivity contribution in [1.29, 1.82) is 0 Å². The maximum Gasteiger partial charge on any atom is 0.226 e. The molecular weight excluding hydrogens is 399 g/mol. The van der Waals surface area contributed by atoms with E-state index >= 15 is 4.39 Å². The molecule has 2 atom stereocenters. The van der Waals surface area contributed by atoms with Crippen LogP contribution in [0.5, 0.6) is 5.75 Å². The summed E-state index contributed by atoms with van der Waals surface area (Å²) in [6.07, 6.45) is 1.14. The van der Waals surface area contributed by atoms with Crippen molar-refractivity contribution in [2.24, 2.45) is 0 Å². The van der Waals surface area contributed by atoms with Crippen molar-refractivity contribution in [3.63, 3.8) is 0 Å². The third kappa shape index (κ3) is 2.52. The highest BCUT2D eigenvalue weighted by Gasteiger charge is 2.42. The van der Waals surface area contributed by atoms with Gasteiger partial charge in [-0.3, -0.25) is 0 Å². The molecular formula is C23H17FN4OS. The van der Waals surface area contributed by atoms with Gasteiger partial charge in [-0.15, -0.1) is 11.3 Å². The predicted molar refractivity (Wildman–Crippen MR) is 114 cm³/mol. The van der Waals surface area contributed by atoms with Crippen molar-refractivity contribution in [3.05, 3.63) is 99.3 Å². The fraction of sp³-hybridized carbons (Fsp3) is 0.130. The monoisotopic (exact) mass is 416 g/mol. The summed E-state index contributed by atoms with van der Waals surface area (Å²) in [5.74, 6) is 1.10. The molecule has 6 rings (SSSR count). The summed E-state index contributed by atoms with van der Waals surface area (Å²) in [6.45, 7) is 2.05. The van der Waals surface area contributed by atoms with Crippen LogP contribution in [0.4, 0.5) is 10.3 Å².